The van der Waals surface area contributed by atoms with Crippen LogP contribution in [0.5, 0.6) is 0 Å². The first-order chi connectivity index (χ1) is 8.20. The Morgan fingerprint density at radius 2 is 2.12 bits per heavy atom. The Hall–Kier alpha value is -2.20. The molecule has 0 radical (unpaired) electrons. The van der Waals surface area contributed by atoms with E-state index >= 15 is 0 Å². The largest absolute Gasteiger partial charge is 0.626 e. The van der Waals surface area contributed by atoms with E-state index < -0.39 is 5.23 Å². The Bertz CT molecular complexity index is 557. The monoisotopic (exact) mass is 229 g/mol. The van der Waals surface area contributed by atoms with Crippen molar-refractivity contribution in [3.05, 3.63) is 58.3 Å². The Kier molecular flexibility index (Phi) is 3.16. The Morgan fingerprint density at radius 3 is 2.76 bits per heavy atom. The van der Waals surface area contributed by atoms with Crippen molar-refractivity contribution < 1.29 is 5.23 Å². The molecular weight excluding hydrogens is 220 g/mol. The van der Waals surface area contributed by atoms with Gasteiger partial charge in [-0.15, -0.1) is 0 Å². The summed E-state index contributed by atoms with van der Waals surface area (Å²) in [4.78, 5) is 3.69. The van der Waals surface area contributed by atoms with Gasteiger partial charge in [-0.3, -0.25) is 0 Å². The highest BCUT2D eigenvalue weighted by atomic mass is 16.8. The van der Waals surface area contributed by atoms with Crippen molar-refractivity contribution in [1.29, 1.82) is 5.26 Å². The Morgan fingerprint density at radius 1 is 1.35 bits per heavy atom. The van der Waals surface area contributed by atoms with Gasteiger partial charge in [0.25, 0.3) is 0 Å². The van der Waals surface area contributed by atoms with Crippen molar-refractivity contribution in [3.8, 4) is 6.07 Å². The number of nitrogens with one attached hydrogen (secondary N) is 1. The molecule has 0 amide bonds. The first-order valence-corrected chi connectivity index (χ1v) is 4.92. The van der Waals surface area contributed by atoms with Gasteiger partial charge in [-0.05, 0) is 11.6 Å². The average Bonchev–Trinajstić information content (AvgIpc) is 2.78. The van der Waals surface area contributed by atoms with Gasteiger partial charge < -0.3 is 20.2 Å². The third kappa shape index (κ3) is 2.49. The van der Waals surface area contributed by atoms with E-state index in [0.717, 1.165) is 5.56 Å². The van der Waals surface area contributed by atoms with Crippen LogP contribution in [0.4, 0.5) is 5.82 Å². The van der Waals surface area contributed by atoms with E-state index in [1.54, 1.807) is 16.7 Å². The summed E-state index contributed by atoms with van der Waals surface area (Å²) >= 11 is 0. The fraction of sp³-hybridized carbons (Fsp3) is 0.0909. The molecule has 0 aliphatic carbocycles. The van der Waals surface area contributed by atoms with Gasteiger partial charge in [0, 0.05) is 0 Å². The first kappa shape index (κ1) is 11.3. The number of nitriles is 1. The van der Waals surface area contributed by atoms with Crippen LogP contribution >= 0.6 is 0 Å². The van der Waals surface area contributed by atoms with E-state index in [9.17, 15) is 10.4 Å². The molecule has 1 N–H and O–H groups in total. The van der Waals surface area contributed by atoms with Crippen LogP contribution < -0.4 is 5.23 Å². The standard InChI is InChI=1S/C11H9N4O2/c12-5-9-3-1-2-4-10(9)6-14-7-11(13-8-14)15(16)17/h1-4,7-8,15H,6H2/q-1. The molecule has 0 aliphatic rings. The molecule has 0 fully saturated rings. The van der Waals surface area contributed by atoms with E-state index in [4.69, 9.17) is 5.26 Å². The molecule has 0 spiro atoms. The predicted octanol–water partition coefficient (Wildman–Crippen LogP) is 0.315. The molecule has 0 unspecified atom stereocenters. The third-order valence-corrected chi connectivity index (χ3v) is 2.33. The van der Waals surface area contributed by atoms with Crippen molar-refractivity contribution in [2.24, 2.45) is 0 Å². The molecule has 0 atom stereocenters. The Balaban J connectivity index is 2.23. The molecule has 1 aromatic heterocycles. The summed E-state index contributed by atoms with van der Waals surface area (Å²) in [7, 11) is 0. The minimum Gasteiger partial charge on any atom is -0.626 e. The van der Waals surface area contributed by atoms with Crippen molar-refractivity contribution in [2.45, 2.75) is 6.54 Å². The smallest absolute Gasteiger partial charge is 0.244 e. The quantitative estimate of drug-likeness (QED) is 0.767. The second kappa shape index (κ2) is 4.76. The lowest BCUT2D eigenvalue weighted by Gasteiger charge is -2.20. The summed E-state index contributed by atoms with van der Waals surface area (Å²) < 4.78 is 1.60. The molecule has 0 aliphatic heterocycles. The van der Waals surface area contributed by atoms with E-state index in [2.05, 4.69) is 11.1 Å². The van der Waals surface area contributed by atoms with Crippen LogP contribution in [0.2, 0.25) is 0 Å². The lowest BCUT2D eigenvalue weighted by Crippen LogP contribution is -2.96. The van der Waals surface area contributed by atoms with Gasteiger partial charge in [-0.1, -0.05) is 18.2 Å². The number of benzene rings is 1. The minimum atomic E-state index is -1.31. The summed E-state index contributed by atoms with van der Waals surface area (Å²) in [6.45, 7) is 0.407. The third-order valence-electron chi connectivity index (χ3n) is 2.33. The fourth-order valence-electron chi connectivity index (χ4n) is 1.52. The normalized spacial score (nSPS) is 10.5. The van der Waals surface area contributed by atoms with Crippen LogP contribution in [-0.4, -0.2) is 9.55 Å². The molecule has 2 aromatic rings. The van der Waals surface area contributed by atoms with Gasteiger partial charge >= 0.3 is 0 Å². The number of rotatable bonds is 3. The summed E-state index contributed by atoms with van der Waals surface area (Å²) in [5.74, 6) is -0.112. The molecule has 2 rings (SSSR count). The average molecular weight is 229 g/mol. The molecular formula is C11H9N4O2-. The lowest BCUT2D eigenvalue weighted by atomic mass is 10.1. The summed E-state index contributed by atoms with van der Waals surface area (Å²) in [6.07, 6.45) is 2.78. The van der Waals surface area contributed by atoms with Crippen molar-refractivity contribution in [3.63, 3.8) is 0 Å². The zero-order chi connectivity index (χ0) is 12.3. The highest BCUT2D eigenvalue weighted by Crippen LogP contribution is 2.10. The number of aromatic nitrogens is 2. The molecule has 6 nitrogen and oxygen atoms in total. The number of nitrogens with zero attached hydrogens (tertiary/aromatic N) is 3. The second-order valence-corrected chi connectivity index (χ2v) is 3.49. The van der Waals surface area contributed by atoms with E-state index in [1.807, 2.05) is 12.1 Å². The van der Waals surface area contributed by atoms with Crippen molar-refractivity contribution >= 4 is 5.82 Å². The lowest BCUT2D eigenvalue weighted by molar-refractivity contribution is -0.718. The molecule has 6 heteroatoms. The molecule has 17 heavy (non-hydrogen) atoms. The van der Waals surface area contributed by atoms with Crippen LogP contribution in [0.25, 0.3) is 0 Å². The maximum Gasteiger partial charge on any atom is 0.244 e. The number of hydrogen-bond donors (Lipinski definition) is 1. The number of quaternary nitrogens is 1. The number of imidazole rings is 1. The van der Waals surface area contributed by atoms with Gasteiger partial charge in [0.2, 0.25) is 5.82 Å². The molecule has 1 aromatic carbocycles. The summed E-state index contributed by atoms with van der Waals surface area (Å²) in [5.41, 5.74) is 1.38. The first-order valence-electron chi connectivity index (χ1n) is 4.92. The minimum absolute atomic E-state index is 0.112. The maximum absolute atomic E-state index is 10.6. The summed E-state index contributed by atoms with van der Waals surface area (Å²) in [5, 5.41) is 28.7. The molecule has 0 saturated heterocycles. The van der Waals surface area contributed by atoms with Crippen LogP contribution in [0.3, 0.4) is 0 Å². The number of hydrogen-bond acceptors (Lipinski definition) is 4. The van der Waals surface area contributed by atoms with Crippen LogP contribution in [0, 0.1) is 21.7 Å². The van der Waals surface area contributed by atoms with Crippen molar-refractivity contribution in [1.82, 2.24) is 9.55 Å². The van der Waals surface area contributed by atoms with Crippen LogP contribution in [0.1, 0.15) is 11.1 Å². The predicted molar refractivity (Wildman–Crippen MR) is 59.8 cm³/mol. The zero-order valence-electron chi connectivity index (χ0n) is 8.83. The van der Waals surface area contributed by atoms with E-state index in [1.165, 1.54) is 12.5 Å². The topological polar surface area (TPSA) is 92.2 Å². The highest BCUT2D eigenvalue weighted by Gasteiger charge is 2.04. The highest BCUT2D eigenvalue weighted by molar-refractivity contribution is 5.37. The van der Waals surface area contributed by atoms with Gasteiger partial charge in [0.05, 0.1) is 24.4 Å². The SMILES string of the molecule is N#Cc1ccccc1Cn1cnc([NH+]([O-])[O-])c1. The molecule has 0 bridgehead atoms. The molecule has 0 saturated carbocycles. The fourth-order valence-corrected chi connectivity index (χ4v) is 1.52. The van der Waals surface area contributed by atoms with Crippen LogP contribution in [-0.2, 0) is 6.54 Å². The van der Waals surface area contributed by atoms with Gasteiger partial charge in [-0.25, -0.2) is 0 Å². The zero-order valence-corrected chi connectivity index (χ0v) is 8.83. The van der Waals surface area contributed by atoms with E-state index in [0.29, 0.717) is 12.1 Å². The molecule has 86 valence electrons. The van der Waals surface area contributed by atoms with Gasteiger partial charge in [0.1, 0.15) is 6.33 Å². The maximum atomic E-state index is 10.6. The van der Waals surface area contributed by atoms with Gasteiger partial charge in [0.15, 0.2) is 0 Å². The molecule has 1 heterocycles. The van der Waals surface area contributed by atoms with Gasteiger partial charge in [-0.2, -0.15) is 10.2 Å². The van der Waals surface area contributed by atoms with Crippen molar-refractivity contribution in [2.75, 3.05) is 0 Å². The summed E-state index contributed by atoms with van der Waals surface area (Å²) in [6, 6.07) is 9.22. The van der Waals surface area contributed by atoms with E-state index in [-0.39, 0.29) is 5.82 Å². The van der Waals surface area contributed by atoms with Crippen LogP contribution in [0.15, 0.2) is 36.8 Å². The Labute approximate surface area is 97.5 Å². The second-order valence-electron chi connectivity index (χ2n) is 3.49.